The molecule has 0 spiro atoms. The zero-order valence-electron chi connectivity index (χ0n) is 43.2. The third-order valence-electron chi connectivity index (χ3n) is 14.9. The number of hydrogen-bond acceptors (Lipinski definition) is 10. The highest BCUT2D eigenvalue weighted by Crippen LogP contribution is 2.43. The highest BCUT2D eigenvalue weighted by molar-refractivity contribution is 6.90. The van der Waals surface area contributed by atoms with Crippen LogP contribution in [0.5, 0.6) is 11.8 Å². The van der Waals surface area contributed by atoms with Crippen LogP contribution in [-0.2, 0) is 22.6 Å². The molecule has 15 heteroatoms. The van der Waals surface area contributed by atoms with Gasteiger partial charge in [-0.3, -0.25) is 9.88 Å². The SMILES string of the molecule is CCCN1CCC(Cn2cccc2COc2nc(N3CC4CC[C@@H](C3)N4C(=O)OC(C)(C)C)c3cnc(-c4cc(OCOC)cc5ccc(F)c(C#C[Si](C(C)C)(C(C)C)C(C)C)c45)c(F)c3n2)CC1. The van der Waals surface area contributed by atoms with Gasteiger partial charge in [0.2, 0.25) is 0 Å². The van der Waals surface area contributed by atoms with Gasteiger partial charge >= 0.3 is 12.1 Å². The van der Waals surface area contributed by atoms with Crippen molar-refractivity contribution >= 4 is 41.7 Å². The Labute approximate surface area is 414 Å². The molecule has 12 nitrogen and oxygen atoms in total. The maximum atomic E-state index is 18.0. The molecule has 6 heterocycles. The van der Waals surface area contributed by atoms with Crippen LogP contribution in [0.15, 0.2) is 48.8 Å². The second-order valence-corrected chi connectivity index (χ2v) is 27.2. The number of fused-ring (bicyclic) bond motifs is 4. The number of carbonyl (C=O) groups excluding carboxylic acids is 1. The van der Waals surface area contributed by atoms with Crippen LogP contribution >= 0.6 is 0 Å². The Balaban J connectivity index is 1.24. The van der Waals surface area contributed by atoms with Gasteiger partial charge in [-0.2, -0.15) is 9.97 Å². The Hall–Kier alpha value is -5.30. The minimum absolute atomic E-state index is 0.00684. The summed E-state index contributed by atoms with van der Waals surface area (Å²) in [4.78, 5) is 34.7. The van der Waals surface area contributed by atoms with E-state index < -0.39 is 25.3 Å². The fourth-order valence-electron chi connectivity index (χ4n) is 11.6. The Morgan fingerprint density at radius 3 is 2.27 bits per heavy atom. The molecular weight excluding hydrogens is 905 g/mol. The molecule has 8 rings (SSSR count). The highest BCUT2D eigenvalue weighted by atomic mass is 28.3. The van der Waals surface area contributed by atoms with Crippen LogP contribution in [0, 0.1) is 29.0 Å². The van der Waals surface area contributed by atoms with E-state index in [1.165, 1.54) is 13.2 Å². The number of likely N-dealkylation sites (tertiary alicyclic amines) is 1. The summed E-state index contributed by atoms with van der Waals surface area (Å²) in [5.74, 6) is 3.55. The van der Waals surface area contributed by atoms with Gasteiger partial charge in [0.05, 0.1) is 28.7 Å². The number of hydrogen-bond donors (Lipinski definition) is 0. The van der Waals surface area contributed by atoms with E-state index >= 15 is 8.78 Å². The number of ether oxygens (including phenoxy) is 4. The van der Waals surface area contributed by atoms with Gasteiger partial charge in [-0.05, 0) is 131 Å². The third-order valence-corrected chi connectivity index (χ3v) is 21.2. The lowest BCUT2D eigenvalue weighted by atomic mass is 9.95. The molecular formula is C55H73F2N7O5Si. The first-order chi connectivity index (χ1) is 33.4. The summed E-state index contributed by atoms with van der Waals surface area (Å²) in [6.07, 6.45) is 8.39. The summed E-state index contributed by atoms with van der Waals surface area (Å²) in [5, 5.41) is 1.43. The largest absolute Gasteiger partial charge is 0.468 e. The number of halogens is 2. The lowest BCUT2D eigenvalue weighted by molar-refractivity contribution is 0.0122. The fourth-order valence-corrected chi connectivity index (χ4v) is 16.8. The number of piperidine rings is 1. The maximum Gasteiger partial charge on any atom is 0.410 e. The molecule has 0 aliphatic carbocycles. The summed E-state index contributed by atoms with van der Waals surface area (Å²) in [5.41, 5.74) is 5.42. The molecule has 3 aliphatic heterocycles. The topological polar surface area (TPSA) is 107 Å². The summed E-state index contributed by atoms with van der Waals surface area (Å²) in [6.45, 7) is 26.4. The van der Waals surface area contributed by atoms with Crippen molar-refractivity contribution in [2.75, 3.05) is 51.5 Å². The van der Waals surface area contributed by atoms with E-state index in [4.69, 9.17) is 33.9 Å². The van der Waals surface area contributed by atoms with Gasteiger partial charge < -0.3 is 33.3 Å². The Bertz CT molecular complexity index is 2700. The van der Waals surface area contributed by atoms with Gasteiger partial charge in [0.1, 0.15) is 48.9 Å². The number of nitrogens with zero attached hydrogens (tertiary/aromatic N) is 7. The van der Waals surface area contributed by atoms with Crippen LogP contribution in [0.25, 0.3) is 32.9 Å². The molecule has 0 radical (unpaired) electrons. The van der Waals surface area contributed by atoms with Gasteiger partial charge in [0.25, 0.3) is 0 Å². The van der Waals surface area contributed by atoms with Crippen LogP contribution in [0.3, 0.4) is 0 Å². The number of pyridine rings is 1. The predicted molar refractivity (Wildman–Crippen MR) is 276 cm³/mol. The van der Waals surface area contributed by atoms with Crippen molar-refractivity contribution in [3.8, 4) is 34.5 Å². The first kappa shape index (κ1) is 51.1. The smallest absolute Gasteiger partial charge is 0.410 e. The first-order valence-electron chi connectivity index (χ1n) is 25.4. The van der Waals surface area contributed by atoms with Gasteiger partial charge in [0, 0.05) is 50.1 Å². The molecule has 1 unspecified atom stereocenters. The van der Waals surface area contributed by atoms with E-state index in [0.29, 0.717) is 68.9 Å². The minimum Gasteiger partial charge on any atom is -0.468 e. The van der Waals surface area contributed by atoms with E-state index in [-0.39, 0.29) is 54.4 Å². The molecule has 3 aromatic heterocycles. The number of benzene rings is 2. The zero-order chi connectivity index (χ0) is 50.1. The monoisotopic (exact) mass is 978 g/mol. The maximum absolute atomic E-state index is 18.0. The molecule has 70 heavy (non-hydrogen) atoms. The number of piperazine rings is 1. The fraction of sp³-hybridized carbons (Fsp3) is 0.564. The Morgan fingerprint density at radius 2 is 1.63 bits per heavy atom. The van der Waals surface area contributed by atoms with Gasteiger partial charge in [-0.1, -0.05) is 60.5 Å². The zero-order valence-corrected chi connectivity index (χ0v) is 44.2. The number of rotatable bonds is 15. The molecule has 376 valence electrons. The summed E-state index contributed by atoms with van der Waals surface area (Å²) < 4.78 is 60.3. The molecule has 3 fully saturated rings. The molecule has 1 amide bonds. The first-order valence-corrected chi connectivity index (χ1v) is 27.7. The van der Waals surface area contributed by atoms with Gasteiger partial charge in [-0.15, -0.1) is 5.54 Å². The summed E-state index contributed by atoms with van der Waals surface area (Å²) in [6, 6.07) is 10.4. The van der Waals surface area contributed by atoms with Crippen molar-refractivity contribution in [1.82, 2.24) is 29.3 Å². The van der Waals surface area contributed by atoms with Crippen molar-refractivity contribution < 1.29 is 32.5 Å². The molecule has 0 N–H and O–H groups in total. The van der Waals surface area contributed by atoms with Crippen LogP contribution < -0.4 is 14.4 Å². The van der Waals surface area contributed by atoms with Crippen molar-refractivity contribution in [2.24, 2.45) is 5.92 Å². The van der Waals surface area contributed by atoms with Crippen LogP contribution in [0.4, 0.5) is 19.4 Å². The predicted octanol–water partition coefficient (Wildman–Crippen LogP) is 11.8. The quantitative estimate of drug-likeness (QED) is 0.0572. The third kappa shape index (κ3) is 10.5. The van der Waals surface area contributed by atoms with Crippen LogP contribution in [-0.4, -0.2) is 108 Å². The number of anilines is 1. The van der Waals surface area contributed by atoms with E-state index in [1.807, 2.05) is 37.8 Å². The summed E-state index contributed by atoms with van der Waals surface area (Å²) in [7, 11) is -0.798. The normalized spacial score (nSPS) is 18.1. The van der Waals surface area contributed by atoms with E-state index in [0.717, 1.165) is 64.0 Å². The molecule has 2 bridgehead atoms. The average molecular weight is 978 g/mol. The molecule has 2 atom stereocenters. The van der Waals surface area contributed by atoms with E-state index in [1.54, 1.807) is 24.4 Å². The second kappa shape index (κ2) is 21.2. The van der Waals surface area contributed by atoms with Crippen molar-refractivity contribution in [2.45, 2.75) is 149 Å². The molecule has 5 aromatic rings. The van der Waals surface area contributed by atoms with E-state index in [9.17, 15) is 4.79 Å². The van der Waals surface area contributed by atoms with E-state index in [2.05, 4.69) is 80.5 Å². The summed E-state index contributed by atoms with van der Waals surface area (Å²) >= 11 is 0. The lowest BCUT2D eigenvalue weighted by Gasteiger charge is -2.42. The molecule has 3 saturated heterocycles. The van der Waals surface area contributed by atoms with Crippen molar-refractivity contribution in [3.05, 3.63) is 71.7 Å². The number of carbonyl (C=O) groups is 1. The van der Waals surface area contributed by atoms with Crippen molar-refractivity contribution in [1.29, 1.82) is 0 Å². The second-order valence-electron chi connectivity index (χ2n) is 21.6. The van der Waals surface area contributed by atoms with Crippen LogP contribution in [0.2, 0.25) is 16.6 Å². The highest BCUT2D eigenvalue weighted by Gasteiger charge is 2.45. The average Bonchev–Trinajstić information content (AvgIpc) is 3.87. The molecule has 2 aromatic carbocycles. The minimum atomic E-state index is -2.32. The van der Waals surface area contributed by atoms with Crippen LogP contribution in [0.1, 0.15) is 113 Å². The Morgan fingerprint density at radius 1 is 0.929 bits per heavy atom. The number of amides is 1. The number of methoxy groups -OCH3 is 1. The molecule has 3 aliphatic rings. The lowest BCUT2D eigenvalue weighted by Crippen LogP contribution is -2.57. The standard InChI is InChI=1S/C55H73F2N7O5Si/c1-12-22-61-24-19-38(20-25-61)30-62-23-13-14-42(62)33-67-53-59-51-46(52(60-53)63-31-40-16-17-41(32-63)64(40)54(65)69-55(8,9)10)29-58-50(49(51)57)45-28-43(68-34-66-11)27-39-15-18-47(56)44(48(39)45)21-26-70(35(2)3,36(4)5)37(6)7/h13-15,18,23,27-29,35-38,40-41H,12,16-17,19-20,22,24-25,30-34H2,1-11H3/t40-,41?/m0/s1. The van der Waals surface area contributed by atoms with Gasteiger partial charge in [0.15, 0.2) is 12.6 Å². The Kier molecular flexibility index (Phi) is 15.5. The number of aromatic nitrogens is 4. The van der Waals surface area contributed by atoms with Crippen molar-refractivity contribution in [3.63, 3.8) is 0 Å². The van der Waals surface area contributed by atoms with Gasteiger partial charge in [-0.25, -0.2) is 13.6 Å². The molecule has 0 saturated carbocycles.